The molecule has 1 aliphatic rings. The van der Waals surface area contributed by atoms with Crippen LogP contribution in [0.4, 0.5) is 0 Å². The van der Waals surface area contributed by atoms with E-state index in [0.717, 1.165) is 21.4 Å². The van der Waals surface area contributed by atoms with E-state index in [9.17, 15) is 18.0 Å². The van der Waals surface area contributed by atoms with Gasteiger partial charge >= 0.3 is 5.97 Å². The fourth-order valence-electron chi connectivity index (χ4n) is 3.96. The van der Waals surface area contributed by atoms with Crippen molar-refractivity contribution in [1.82, 2.24) is 9.21 Å². The van der Waals surface area contributed by atoms with Gasteiger partial charge in [-0.3, -0.25) is 15.0 Å². The highest BCUT2D eigenvalue weighted by Crippen LogP contribution is 2.33. The average Bonchev–Trinajstić information content (AvgIpc) is 3.27. The average molecular weight is 535 g/mol. The second kappa shape index (κ2) is 9.94. The number of piperazine rings is 1. The van der Waals surface area contributed by atoms with Gasteiger partial charge in [-0.15, -0.1) is 11.3 Å². The van der Waals surface area contributed by atoms with Gasteiger partial charge < -0.3 is 15.4 Å². The van der Waals surface area contributed by atoms with Gasteiger partial charge in [0.1, 0.15) is 10.0 Å². The second-order valence-corrected chi connectivity index (χ2v) is 11.7. The van der Waals surface area contributed by atoms with Crippen molar-refractivity contribution >= 4 is 60.8 Å². The molecule has 2 heterocycles. The second-order valence-electron chi connectivity index (χ2n) is 8.03. The monoisotopic (exact) mass is 534 g/mol. The van der Waals surface area contributed by atoms with E-state index in [1.54, 1.807) is 48.5 Å². The molecule has 1 aliphatic heterocycles. The molecule has 1 unspecified atom stereocenters. The lowest BCUT2D eigenvalue weighted by molar-refractivity contribution is -0.142. The summed E-state index contributed by atoms with van der Waals surface area (Å²) in [5, 5.41) is 8.79. The zero-order chi connectivity index (χ0) is 25.3. The molecule has 12 heteroatoms. The van der Waals surface area contributed by atoms with Gasteiger partial charge in [-0.25, -0.2) is 8.42 Å². The highest BCUT2D eigenvalue weighted by Gasteiger charge is 2.38. The predicted octanol–water partition coefficient (Wildman–Crippen LogP) is 2.92. The van der Waals surface area contributed by atoms with Crippen LogP contribution in [-0.4, -0.2) is 68.1 Å². The number of methoxy groups -OCH3 is 1. The number of amides is 1. The molecule has 9 nitrogen and oxygen atoms in total. The smallest absolute Gasteiger partial charge is 0.307 e. The highest BCUT2D eigenvalue weighted by molar-refractivity contribution is 7.91. The Kier molecular flexibility index (Phi) is 7.13. The molecule has 35 heavy (non-hydrogen) atoms. The number of esters is 1. The standard InChI is InChI=1S/C23H23ClN4O5S2/c1-33-20(29)12-18-13-27(35(31,32)21-10-16-6-7-17(24)11-19(16)34-21)8-9-28(18)23(30)15-4-2-14(3-5-15)22(25)26/h2-7,10-11,18H,8-9,12-13H2,1H3,(H3,25,26). The van der Waals surface area contributed by atoms with Crippen LogP contribution in [0.5, 0.6) is 0 Å². The Labute approximate surface area is 211 Å². The lowest BCUT2D eigenvalue weighted by Gasteiger charge is -2.40. The zero-order valence-corrected chi connectivity index (χ0v) is 21.1. The summed E-state index contributed by atoms with van der Waals surface area (Å²) in [4.78, 5) is 26.8. The first-order valence-electron chi connectivity index (χ1n) is 10.6. The van der Waals surface area contributed by atoms with Crippen LogP contribution in [0.1, 0.15) is 22.3 Å². The number of hydrogen-bond acceptors (Lipinski definition) is 7. The summed E-state index contributed by atoms with van der Waals surface area (Å²) in [6.07, 6.45) is -0.151. The lowest BCUT2D eigenvalue weighted by Crippen LogP contribution is -2.57. The van der Waals surface area contributed by atoms with Gasteiger partial charge in [0, 0.05) is 40.5 Å². The van der Waals surface area contributed by atoms with Crippen molar-refractivity contribution < 1.29 is 22.7 Å². The number of benzene rings is 2. The van der Waals surface area contributed by atoms with Crippen LogP contribution in [0.2, 0.25) is 5.02 Å². The molecule has 1 saturated heterocycles. The van der Waals surface area contributed by atoms with E-state index >= 15 is 0 Å². The zero-order valence-electron chi connectivity index (χ0n) is 18.7. The van der Waals surface area contributed by atoms with Gasteiger partial charge in [0.2, 0.25) is 0 Å². The van der Waals surface area contributed by atoms with Crippen molar-refractivity contribution in [2.24, 2.45) is 5.73 Å². The van der Waals surface area contributed by atoms with Crippen LogP contribution in [0, 0.1) is 5.41 Å². The third kappa shape index (κ3) is 5.18. The fourth-order valence-corrected chi connectivity index (χ4v) is 7.25. The Hall–Kier alpha value is -2.99. The number of halogens is 1. The maximum atomic E-state index is 13.4. The predicted molar refractivity (Wildman–Crippen MR) is 135 cm³/mol. The van der Waals surface area contributed by atoms with Crippen LogP contribution in [0.15, 0.2) is 52.7 Å². The van der Waals surface area contributed by atoms with Gasteiger partial charge in [-0.1, -0.05) is 29.8 Å². The molecule has 0 spiro atoms. The number of thiophene rings is 1. The van der Waals surface area contributed by atoms with Crippen LogP contribution in [-0.2, 0) is 19.6 Å². The Morgan fingerprint density at radius 3 is 2.49 bits per heavy atom. The minimum absolute atomic E-state index is 0.0519. The number of nitrogens with one attached hydrogen (secondary N) is 1. The number of nitrogens with two attached hydrogens (primary N) is 1. The molecule has 1 aromatic heterocycles. The number of fused-ring (bicyclic) bond motifs is 1. The quantitative estimate of drug-likeness (QED) is 0.284. The summed E-state index contributed by atoms with van der Waals surface area (Å²) in [5.41, 5.74) is 6.31. The summed E-state index contributed by atoms with van der Waals surface area (Å²) in [6.45, 7) is 0.126. The van der Waals surface area contributed by atoms with Crippen molar-refractivity contribution in [3.8, 4) is 0 Å². The first-order chi connectivity index (χ1) is 16.6. The van der Waals surface area contributed by atoms with Gasteiger partial charge in [0.15, 0.2) is 0 Å². The first-order valence-corrected chi connectivity index (χ1v) is 13.2. The molecule has 3 N–H and O–H groups in total. The molecular formula is C23H23ClN4O5S2. The molecule has 184 valence electrons. The minimum Gasteiger partial charge on any atom is -0.469 e. The summed E-state index contributed by atoms with van der Waals surface area (Å²) in [7, 11) is -2.62. The molecule has 1 atom stereocenters. The van der Waals surface area contributed by atoms with E-state index in [-0.39, 0.29) is 42.0 Å². The highest BCUT2D eigenvalue weighted by atomic mass is 35.5. The molecule has 0 aliphatic carbocycles. The van der Waals surface area contributed by atoms with E-state index in [4.69, 9.17) is 27.5 Å². The number of ether oxygens (including phenoxy) is 1. The summed E-state index contributed by atoms with van der Waals surface area (Å²) >= 11 is 7.17. The van der Waals surface area contributed by atoms with Crippen LogP contribution in [0.3, 0.4) is 0 Å². The molecular weight excluding hydrogens is 512 g/mol. The number of nitrogen functional groups attached to an aromatic ring is 1. The van der Waals surface area contributed by atoms with Gasteiger partial charge in [-0.2, -0.15) is 4.31 Å². The van der Waals surface area contributed by atoms with Crippen LogP contribution >= 0.6 is 22.9 Å². The van der Waals surface area contributed by atoms with Crippen molar-refractivity contribution in [3.63, 3.8) is 0 Å². The number of carbonyl (C=O) groups excluding carboxylic acids is 2. The summed E-state index contributed by atoms with van der Waals surface area (Å²) in [6, 6.07) is 12.3. The van der Waals surface area contributed by atoms with Crippen molar-refractivity contribution in [2.45, 2.75) is 16.7 Å². The molecule has 0 saturated carbocycles. The van der Waals surface area contributed by atoms with E-state index in [0.29, 0.717) is 16.1 Å². The third-order valence-electron chi connectivity index (χ3n) is 5.83. The molecule has 1 amide bonds. The Bertz CT molecular complexity index is 1410. The first kappa shape index (κ1) is 25.1. The maximum Gasteiger partial charge on any atom is 0.307 e. The Morgan fingerprint density at radius 1 is 1.14 bits per heavy atom. The molecule has 0 radical (unpaired) electrons. The summed E-state index contributed by atoms with van der Waals surface area (Å²) < 4.78 is 33.9. The van der Waals surface area contributed by atoms with Crippen molar-refractivity contribution in [1.29, 1.82) is 5.41 Å². The molecule has 1 fully saturated rings. The molecule has 3 aromatic rings. The van der Waals surface area contributed by atoms with E-state index in [2.05, 4.69) is 0 Å². The van der Waals surface area contributed by atoms with Crippen LogP contribution < -0.4 is 5.73 Å². The van der Waals surface area contributed by atoms with Crippen molar-refractivity contribution in [2.75, 3.05) is 26.7 Å². The maximum absolute atomic E-state index is 13.4. The minimum atomic E-state index is -3.86. The topological polar surface area (TPSA) is 134 Å². The Morgan fingerprint density at radius 2 is 1.83 bits per heavy atom. The van der Waals surface area contributed by atoms with Crippen molar-refractivity contribution in [3.05, 3.63) is 64.7 Å². The fraction of sp³-hybridized carbons (Fsp3) is 0.261. The van der Waals surface area contributed by atoms with Crippen LogP contribution in [0.25, 0.3) is 10.1 Å². The number of amidine groups is 1. The summed E-state index contributed by atoms with van der Waals surface area (Å²) in [5.74, 6) is -1.01. The number of nitrogens with zero attached hydrogens (tertiary/aromatic N) is 2. The normalized spacial score (nSPS) is 16.9. The number of carbonyl (C=O) groups is 2. The molecule has 4 rings (SSSR count). The lowest BCUT2D eigenvalue weighted by atomic mass is 10.1. The number of rotatable bonds is 6. The van der Waals surface area contributed by atoms with E-state index < -0.39 is 22.0 Å². The van der Waals surface area contributed by atoms with Gasteiger partial charge in [0.05, 0.1) is 19.6 Å². The Balaban J connectivity index is 1.60. The van der Waals surface area contributed by atoms with E-state index in [1.165, 1.54) is 16.3 Å². The number of hydrogen-bond donors (Lipinski definition) is 2. The van der Waals surface area contributed by atoms with Gasteiger partial charge in [0.25, 0.3) is 15.9 Å². The van der Waals surface area contributed by atoms with Gasteiger partial charge in [-0.05, 0) is 35.7 Å². The van der Waals surface area contributed by atoms with E-state index in [1.807, 2.05) is 0 Å². The number of sulfonamides is 1. The SMILES string of the molecule is COC(=O)CC1CN(S(=O)(=O)c2cc3ccc(Cl)cc3s2)CCN1C(=O)c1ccc(C(=N)N)cc1. The largest absolute Gasteiger partial charge is 0.469 e. The molecule has 2 aromatic carbocycles. The third-order valence-corrected chi connectivity index (χ3v) is 9.48. The molecule has 0 bridgehead atoms.